The van der Waals surface area contributed by atoms with E-state index in [4.69, 9.17) is 17.0 Å². The smallest absolute Gasteiger partial charge is 0.282 e. The Bertz CT molecular complexity index is 764. The maximum Gasteiger partial charge on any atom is 0.282 e. The van der Waals surface area contributed by atoms with Crippen molar-refractivity contribution < 1.29 is 14.5 Å². The van der Waals surface area contributed by atoms with Gasteiger partial charge in [0.1, 0.15) is 11.3 Å². The fourth-order valence-corrected chi connectivity index (χ4v) is 2.10. The standard InChI is InChI=1S/C15H13N3O4S/c1-22-13-9-5-3-7-11(13)16-15(23)17-14(19)10-6-2-4-8-12(10)18(20)21/h2-9H,1H3,(H2,16,17,19,23). The third kappa shape index (κ3) is 4.01. The van der Waals surface area contributed by atoms with E-state index in [-0.39, 0.29) is 16.4 Å². The minimum atomic E-state index is -0.662. The van der Waals surface area contributed by atoms with E-state index in [2.05, 4.69) is 10.6 Å². The van der Waals surface area contributed by atoms with E-state index in [1.807, 2.05) is 0 Å². The molecule has 0 aromatic heterocycles. The number of nitrogens with zero attached hydrogens (tertiary/aromatic N) is 1. The van der Waals surface area contributed by atoms with Gasteiger partial charge >= 0.3 is 0 Å². The highest BCUT2D eigenvalue weighted by Gasteiger charge is 2.20. The molecule has 0 aliphatic carbocycles. The number of hydrogen-bond acceptors (Lipinski definition) is 5. The second kappa shape index (κ2) is 7.32. The van der Waals surface area contributed by atoms with Crippen molar-refractivity contribution in [2.75, 3.05) is 12.4 Å². The molecule has 0 saturated carbocycles. The first-order valence-electron chi connectivity index (χ1n) is 6.51. The lowest BCUT2D eigenvalue weighted by Crippen LogP contribution is -2.34. The van der Waals surface area contributed by atoms with Gasteiger partial charge in [-0.3, -0.25) is 20.2 Å². The molecule has 0 fully saturated rings. The SMILES string of the molecule is COc1ccccc1NC(=S)NC(=O)c1ccccc1[N+](=O)[O-]. The molecule has 0 spiro atoms. The Morgan fingerprint density at radius 1 is 1.17 bits per heavy atom. The summed E-state index contributed by atoms with van der Waals surface area (Å²) in [5.74, 6) is -0.112. The van der Waals surface area contributed by atoms with Crippen molar-refractivity contribution in [2.24, 2.45) is 0 Å². The lowest BCUT2D eigenvalue weighted by atomic mass is 10.1. The van der Waals surface area contributed by atoms with Gasteiger partial charge in [0.15, 0.2) is 5.11 Å². The number of thiocarbonyl (C=S) groups is 1. The van der Waals surface area contributed by atoms with Crippen LogP contribution < -0.4 is 15.4 Å². The molecule has 0 unspecified atom stereocenters. The fourth-order valence-electron chi connectivity index (χ4n) is 1.90. The van der Waals surface area contributed by atoms with Crippen LogP contribution in [-0.4, -0.2) is 23.1 Å². The zero-order valence-corrected chi connectivity index (χ0v) is 12.9. The summed E-state index contributed by atoms with van der Waals surface area (Å²) in [4.78, 5) is 22.5. The summed E-state index contributed by atoms with van der Waals surface area (Å²) >= 11 is 5.06. The van der Waals surface area contributed by atoms with Crippen LogP contribution in [0, 0.1) is 10.1 Å². The predicted molar refractivity (Wildman–Crippen MR) is 89.8 cm³/mol. The molecule has 0 radical (unpaired) electrons. The zero-order chi connectivity index (χ0) is 16.8. The van der Waals surface area contributed by atoms with Gasteiger partial charge in [-0.05, 0) is 30.4 Å². The number of nitro groups is 1. The third-order valence-corrected chi connectivity index (χ3v) is 3.13. The number of amides is 1. The summed E-state index contributed by atoms with van der Waals surface area (Å²) in [5.41, 5.74) is 0.217. The number of nitro benzene ring substituents is 1. The molecule has 2 N–H and O–H groups in total. The molecule has 2 aromatic rings. The number of nitrogens with one attached hydrogen (secondary N) is 2. The topological polar surface area (TPSA) is 93.5 Å². The summed E-state index contributed by atoms with van der Waals surface area (Å²) in [6, 6.07) is 12.7. The van der Waals surface area contributed by atoms with Crippen molar-refractivity contribution in [3.05, 3.63) is 64.2 Å². The summed E-state index contributed by atoms with van der Waals surface area (Å²) in [6.07, 6.45) is 0. The van der Waals surface area contributed by atoms with E-state index < -0.39 is 10.8 Å². The minimum absolute atomic E-state index is 0.0117. The Balaban J connectivity index is 2.12. The molecule has 0 aliphatic heterocycles. The molecule has 0 atom stereocenters. The maximum atomic E-state index is 12.2. The van der Waals surface area contributed by atoms with Crippen LogP contribution in [0.3, 0.4) is 0 Å². The molecule has 118 valence electrons. The first-order valence-corrected chi connectivity index (χ1v) is 6.92. The average molecular weight is 331 g/mol. The van der Waals surface area contributed by atoms with Crippen LogP contribution in [-0.2, 0) is 0 Å². The number of rotatable bonds is 4. The Hall–Kier alpha value is -3.00. The Labute approximate surface area is 137 Å². The van der Waals surface area contributed by atoms with Crippen LogP contribution in [0.4, 0.5) is 11.4 Å². The highest BCUT2D eigenvalue weighted by atomic mass is 32.1. The van der Waals surface area contributed by atoms with E-state index in [1.54, 1.807) is 30.3 Å². The Kier molecular flexibility index (Phi) is 5.21. The fraction of sp³-hybridized carbons (Fsp3) is 0.0667. The van der Waals surface area contributed by atoms with Gasteiger partial charge in [0, 0.05) is 6.07 Å². The number of hydrogen-bond donors (Lipinski definition) is 2. The third-order valence-electron chi connectivity index (χ3n) is 2.93. The molecule has 1 amide bonds. The molecule has 2 rings (SSSR count). The Morgan fingerprint density at radius 2 is 1.83 bits per heavy atom. The molecular formula is C15H13N3O4S. The highest BCUT2D eigenvalue weighted by molar-refractivity contribution is 7.80. The maximum absolute atomic E-state index is 12.2. The molecule has 7 nitrogen and oxygen atoms in total. The van der Waals surface area contributed by atoms with Crippen LogP contribution in [0.1, 0.15) is 10.4 Å². The molecular weight excluding hydrogens is 318 g/mol. The summed E-state index contributed by atoms with van der Waals surface area (Å²) in [6.45, 7) is 0. The van der Waals surface area contributed by atoms with Crippen molar-refractivity contribution in [3.63, 3.8) is 0 Å². The molecule has 8 heteroatoms. The van der Waals surface area contributed by atoms with Gasteiger partial charge in [-0.25, -0.2) is 0 Å². The largest absolute Gasteiger partial charge is 0.495 e. The minimum Gasteiger partial charge on any atom is -0.495 e. The highest BCUT2D eigenvalue weighted by Crippen LogP contribution is 2.23. The van der Waals surface area contributed by atoms with Gasteiger partial charge < -0.3 is 10.1 Å². The van der Waals surface area contributed by atoms with Crippen LogP contribution in [0.25, 0.3) is 0 Å². The van der Waals surface area contributed by atoms with E-state index in [9.17, 15) is 14.9 Å². The number of para-hydroxylation sites is 3. The molecule has 0 heterocycles. The van der Waals surface area contributed by atoms with Crippen LogP contribution in [0.2, 0.25) is 0 Å². The quantitative estimate of drug-likeness (QED) is 0.508. The lowest BCUT2D eigenvalue weighted by Gasteiger charge is -2.12. The number of carbonyl (C=O) groups is 1. The van der Waals surface area contributed by atoms with Crippen molar-refractivity contribution in [2.45, 2.75) is 0 Å². The van der Waals surface area contributed by atoms with Gasteiger partial charge in [-0.2, -0.15) is 0 Å². The molecule has 0 aliphatic rings. The summed E-state index contributed by atoms with van der Waals surface area (Å²) < 4.78 is 5.16. The molecule has 0 bridgehead atoms. The van der Waals surface area contributed by atoms with Crippen molar-refractivity contribution in [1.82, 2.24) is 5.32 Å². The van der Waals surface area contributed by atoms with Gasteiger partial charge in [0.05, 0.1) is 17.7 Å². The van der Waals surface area contributed by atoms with Crippen molar-refractivity contribution in [1.29, 1.82) is 0 Å². The number of ether oxygens (including phenoxy) is 1. The number of anilines is 1. The average Bonchev–Trinajstić information content (AvgIpc) is 2.55. The van der Waals surface area contributed by atoms with Gasteiger partial charge in [-0.1, -0.05) is 24.3 Å². The van der Waals surface area contributed by atoms with Crippen molar-refractivity contribution >= 4 is 34.6 Å². The number of methoxy groups -OCH3 is 1. The molecule has 0 saturated heterocycles. The molecule has 23 heavy (non-hydrogen) atoms. The van der Waals surface area contributed by atoms with Crippen molar-refractivity contribution in [3.8, 4) is 5.75 Å². The number of benzene rings is 2. The summed E-state index contributed by atoms with van der Waals surface area (Å²) in [7, 11) is 1.51. The zero-order valence-electron chi connectivity index (χ0n) is 12.1. The van der Waals surface area contributed by atoms with Gasteiger partial charge in [-0.15, -0.1) is 0 Å². The molecule has 2 aromatic carbocycles. The monoisotopic (exact) mass is 331 g/mol. The van der Waals surface area contributed by atoms with E-state index in [0.717, 1.165) is 0 Å². The van der Waals surface area contributed by atoms with E-state index in [0.29, 0.717) is 11.4 Å². The second-order valence-electron chi connectivity index (χ2n) is 4.38. The first-order chi connectivity index (χ1) is 11.0. The number of carbonyl (C=O) groups excluding carboxylic acids is 1. The normalized spacial score (nSPS) is 9.78. The second-order valence-corrected chi connectivity index (χ2v) is 4.79. The summed E-state index contributed by atoms with van der Waals surface area (Å²) in [5, 5.41) is 16.2. The van der Waals surface area contributed by atoms with E-state index >= 15 is 0 Å². The first kappa shape index (κ1) is 16.4. The van der Waals surface area contributed by atoms with E-state index in [1.165, 1.54) is 25.3 Å². The van der Waals surface area contributed by atoms with Gasteiger partial charge in [0.2, 0.25) is 0 Å². The van der Waals surface area contributed by atoms with Gasteiger partial charge in [0.25, 0.3) is 11.6 Å². The van der Waals surface area contributed by atoms with Crippen LogP contribution >= 0.6 is 12.2 Å². The van der Waals surface area contributed by atoms with Crippen LogP contribution in [0.15, 0.2) is 48.5 Å². The van der Waals surface area contributed by atoms with Crippen LogP contribution in [0.5, 0.6) is 5.75 Å². The lowest BCUT2D eigenvalue weighted by molar-refractivity contribution is -0.385. The Morgan fingerprint density at radius 3 is 2.52 bits per heavy atom. The predicted octanol–water partition coefficient (Wildman–Crippen LogP) is 2.73.